The molecule has 0 aromatic rings. The minimum Gasteiger partial charge on any atom is -0.381 e. The Morgan fingerprint density at radius 1 is 1.22 bits per heavy atom. The third kappa shape index (κ3) is 2.41. The zero-order valence-electron chi connectivity index (χ0n) is 11.1. The van der Waals surface area contributed by atoms with E-state index >= 15 is 0 Å². The molecule has 3 rings (SSSR count). The molecule has 0 N–H and O–H groups in total. The number of carbonyl (C=O) groups is 1. The maximum atomic E-state index is 12.4. The van der Waals surface area contributed by atoms with Gasteiger partial charge in [0, 0.05) is 32.2 Å². The fourth-order valence-electron chi connectivity index (χ4n) is 3.57. The highest BCUT2D eigenvalue weighted by atomic mass is 16.5. The normalized spacial score (nSPS) is 37.6. The number of piperidine rings is 1. The summed E-state index contributed by atoms with van der Waals surface area (Å²) in [5, 5.41) is 0. The highest BCUT2D eigenvalue weighted by Gasteiger charge is 2.39. The largest absolute Gasteiger partial charge is 0.381 e. The lowest BCUT2D eigenvalue weighted by Gasteiger charge is -2.36. The zero-order valence-corrected chi connectivity index (χ0v) is 11.1. The number of fused-ring (bicyclic) bond motifs is 1. The first-order valence-electron chi connectivity index (χ1n) is 7.26. The molecule has 0 aromatic heterocycles. The Morgan fingerprint density at radius 3 is 2.78 bits per heavy atom. The molecule has 0 saturated carbocycles. The highest BCUT2D eigenvalue weighted by molar-refractivity contribution is 5.79. The molecule has 3 saturated heterocycles. The van der Waals surface area contributed by atoms with Gasteiger partial charge in [0.25, 0.3) is 0 Å². The first-order valence-corrected chi connectivity index (χ1v) is 7.26. The number of amides is 1. The summed E-state index contributed by atoms with van der Waals surface area (Å²) in [6.07, 6.45) is 4.73. The van der Waals surface area contributed by atoms with Gasteiger partial charge in [-0.15, -0.1) is 0 Å². The molecule has 102 valence electrons. The van der Waals surface area contributed by atoms with Crippen molar-refractivity contribution in [3.8, 4) is 0 Å². The molecule has 3 fully saturated rings. The summed E-state index contributed by atoms with van der Waals surface area (Å²) in [7, 11) is 0. The molecule has 0 spiro atoms. The van der Waals surface area contributed by atoms with Crippen LogP contribution >= 0.6 is 0 Å². The minimum absolute atomic E-state index is 0.189. The number of nitrogens with zero attached hydrogens (tertiary/aromatic N) is 1. The number of carbonyl (C=O) groups excluding carboxylic acids is 1. The molecular weight excluding hydrogens is 230 g/mol. The van der Waals surface area contributed by atoms with Crippen LogP contribution in [0.1, 0.15) is 32.6 Å². The summed E-state index contributed by atoms with van der Waals surface area (Å²) in [6, 6.07) is 0. The van der Waals surface area contributed by atoms with E-state index in [1.807, 2.05) is 4.90 Å². The molecule has 3 aliphatic rings. The predicted octanol–water partition coefficient (Wildman–Crippen LogP) is 1.44. The molecule has 4 nitrogen and oxygen atoms in total. The van der Waals surface area contributed by atoms with E-state index in [9.17, 15) is 4.79 Å². The van der Waals surface area contributed by atoms with Gasteiger partial charge in [0.05, 0.1) is 12.2 Å². The summed E-state index contributed by atoms with van der Waals surface area (Å²) < 4.78 is 11.2. The molecule has 0 bridgehead atoms. The van der Waals surface area contributed by atoms with Crippen molar-refractivity contribution in [1.82, 2.24) is 4.90 Å². The van der Waals surface area contributed by atoms with Gasteiger partial charge in [-0.1, -0.05) is 0 Å². The number of ether oxygens (including phenoxy) is 2. The molecule has 0 aliphatic carbocycles. The lowest BCUT2D eigenvalue weighted by molar-refractivity contribution is -0.142. The fraction of sp³-hybridized carbons (Fsp3) is 0.929. The third-order valence-corrected chi connectivity index (χ3v) is 4.62. The molecule has 3 atom stereocenters. The third-order valence-electron chi connectivity index (χ3n) is 4.62. The maximum Gasteiger partial charge on any atom is 0.225 e. The summed E-state index contributed by atoms with van der Waals surface area (Å²) in [5.74, 6) is 1.20. The Labute approximate surface area is 109 Å². The van der Waals surface area contributed by atoms with Gasteiger partial charge in [0.2, 0.25) is 5.91 Å². The molecular formula is C14H23NO3. The van der Waals surface area contributed by atoms with Gasteiger partial charge in [-0.2, -0.15) is 0 Å². The topological polar surface area (TPSA) is 38.8 Å². The lowest BCUT2D eigenvalue weighted by Crippen LogP contribution is -2.48. The highest BCUT2D eigenvalue weighted by Crippen LogP contribution is 2.33. The minimum atomic E-state index is 0.189. The van der Waals surface area contributed by atoms with Crippen LogP contribution in [0.25, 0.3) is 0 Å². The van der Waals surface area contributed by atoms with E-state index < -0.39 is 0 Å². The molecule has 3 heterocycles. The van der Waals surface area contributed by atoms with Crippen molar-refractivity contribution < 1.29 is 14.3 Å². The first kappa shape index (κ1) is 12.4. The van der Waals surface area contributed by atoms with Gasteiger partial charge >= 0.3 is 0 Å². The van der Waals surface area contributed by atoms with E-state index in [0.717, 1.165) is 45.6 Å². The molecule has 1 amide bonds. The number of rotatable bonds is 1. The fourth-order valence-corrected chi connectivity index (χ4v) is 3.57. The van der Waals surface area contributed by atoms with E-state index in [1.165, 1.54) is 6.42 Å². The van der Waals surface area contributed by atoms with Crippen LogP contribution in [-0.4, -0.2) is 49.3 Å². The Morgan fingerprint density at radius 2 is 2.00 bits per heavy atom. The Hall–Kier alpha value is -0.610. The van der Waals surface area contributed by atoms with Crippen molar-refractivity contribution in [3.63, 3.8) is 0 Å². The van der Waals surface area contributed by atoms with Crippen LogP contribution < -0.4 is 0 Å². The zero-order chi connectivity index (χ0) is 12.5. The molecule has 4 heteroatoms. The van der Waals surface area contributed by atoms with Crippen LogP contribution in [0.4, 0.5) is 0 Å². The van der Waals surface area contributed by atoms with Crippen molar-refractivity contribution in [1.29, 1.82) is 0 Å². The van der Waals surface area contributed by atoms with Crippen molar-refractivity contribution >= 4 is 5.91 Å². The summed E-state index contributed by atoms with van der Waals surface area (Å²) in [4.78, 5) is 14.5. The second kappa shape index (κ2) is 5.17. The standard InChI is InChI=1S/C14H23NO3/c1-10-8-12-2-5-15(9-13(12)18-10)14(16)11-3-6-17-7-4-11/h10-13H,2-9H2,1H3/t10-,12-,13+/m0/s1. The van der Waals surface area contributed by atoms with Gasteiger partial charge in [-0.05, 0) is 38.5 Å². The summed E-state index contributed by atoms with van der Waals surface area (Å²) in [6.45, 7) is 5.36. The molecule has 18 heavy (non-hydrogen) atoms. The van der Waals surface area contributed by atoms with E-state index in [0.29, 0.717) is 17.9 Å². The van der Waals surface area contributed by atoms with Crippen LogP contribution in [0, 0.1) is 11.8 Å². The number of hydrogen-bond donors (Lipinski definition) is 0. The van der Waals surface area contributed by atoms with Gasteiger partial charge in [-0.25, -0.2) is 0 Å². The maximum absolute atomic E-state index is 12.4. The van der Waals surface area contributed by atoms with Gasteiger partial charge in [-0.3, -0.25) is 4.79 Å². The monoisotopic (exact) mass is 253 g/mol. The van der Waals surface area contributed by atoms with Crippen molar-refractivity contribution in [2.24, 2.45) is 11.8 Å². The van der Waals surface area contributed by atoms with Crippen LogP contribution in [-0.2, 0) is 14.3 Å². The lowest BCUT2D eigenvalue weighted by atomic mass is 9.90. The summed E-state index contributed by atoms with van der Waals surface area (Å²) >= 11 is 0. The van der Waals surface area contributed by atoms with Crippen LogP contribution in [0.3, 0.4) is 0 Å². The first-order chi connectivity index (χ1) is 8.74. The van der Waals surface area contributed by atoms with Gasteiger partial charge in [0.1, 0.15) is 0 Å². The van der Waals surface area contributed by atoms with Gasteiger partial charge < -0.3 is 14.4 Å². The van der Waals surface area contributed by atoms with E-state index in [1.54, 1.807) is 0 Å². The van der Waals surface area contributed by atoms with Gasteiger partial charge in [0.15, 0.2) is 0 Å². The van der Waals surface area contributed by atoms with Crippen molar-refractivity contribution in [2.45, 2.75) is 44.8 Å². The number of hydrogen-bond acceptors (Lipinski definition) is 3. The SMILES string of the molecule is C[C@H]1C[C@@H]2CCN(C(=O)C3CCOCC3)C[C@H]2O1. The predicted molar refractivity (Wildman–Crippen MR) is 67.2 cm³/mol. The Kier molecular flexibility index (Phi) is 3.57. The van der Waals surface area contributed by atoms with E-state index in [2.05, 4.69) is 6.92 Å². The number of likely N-dealkylation sites (tertiary alicyclic amines) is 1. The molecule has 3 aliphatic heterocycles. The second-order valence-electron chi connectivity index (χ2n) is 5.94. The Bertz CT molecular complexity index is 314. The van der Waals surface area contributed by atoms with Crippen LogP contribution in [0.5, 0.6) is 0 Å². The second-order valence-corrected chi connectivity index (χ2v) is 5.94. The van der Waals surface area contributed by atoms with E-state index in [-0.39, 0.29) is 12.0 Å². The van der Waals surface area contributed by atoms with Crippen molar-refractivity contribution in [2.75, 3.05) is 26.3 Å². The quantitative estimate of drug-likeness (QED) is 0.710. The van der Waals surface area contributed by atoms with Crippen molar-refractivity contribution in [3.05, 3.63) is 0 Å². The summed E-state index contributed by atoms with van der Waals surface area (Å²) in [5.41, 5.74) is 0. The molecule has 0 radical (unpaired) electrons. The Balaban J connectivity index is 1.58. The van der Waals surface area contributed by atoms with Crippen LogP contribution in [0.15, 0.2) is 0 Å². The van der Waals surface area contributed by atoms with Crippen LogP contribution in [0.2, 0.25) is 0 Å². The molecule has 0 unspecified atom stereocenters. The average Bonchev–Trinajstić information content (AvgIpc) is 2.78. The average molecular weight is 253 g/mol. The van der Waals surface area contributed by atoms with E-state index in [4.69, 9.17) is 9.47 Å². The molecule has 0 aromatic carbocycles. The smallest absolute Gasteiger partial charge is 0.225 e.